The molecule has 0 aliphatic carbocycles. The smallest absolute Gasteiger partial charge is 0.213 e. The maximum atomic E-state index is 11.9. The maximum Gasteiger partial charge on any atom is 0.213 e. The second-order valence-corrected chi connectivity index (χ2v) is 6.34. The Labute approximate surface area is 150 Å². The van der Waals surface area contributed by atoms with Crippen LogP contribution in [0, 0.1) is 0 Å². The Kier molecular flexibility index (Phi) is 11.2. The molecule has 0 saturated heterocycles. The summed E-state index contributed by atoms with van der Waals surface area (Å²) in [6.07, 6.45) is 0. The maximum absolute atomic E-state index is 11.9. The molecule has 0 saturated carbocycles. The summed E-state index contributed by atoms with van der Waals surface area (Å²) in [7, 11) is -3.32. The van der Waals surface area contributed by atoms with Crippen molar-refractivity contribution in [3.8, 4) is 0 Å². The molecule has 1 rings (SSSR count). The molecule has 0 aliphatic heterocycles. The van der Waals surface area contributed by atoms with Crippen molar-refractivity contribution in [3.05, 3.63) is 35.9 Å². The Balaban J connectivity index is 0.00000441. The second kappa shape index (κ2) is 11.7. The fourth-order valence-corrected chi connectivity index (χ4v) is 2.51. The van der Waals surface area contributed by atoms with Crippen molar-refractivity contribution in [2.75, 3.05) is 25.4 Å². The van der Waals surface area contributed by atoms with E-state index in [4.69, 9.17) is 0 Å². The van der Waals surface area contributed by atoms with E-state index in [9.17, 15) is 8.42 Å². The Bertz CT molecular complexity index is 527. The molecule has 0 spiro atoms. The molecule has 22 heavy (non-hydrogen) atoms. The van der Waals surface area contributed by atoms with E-state index < -0.39 is 10.0 Å². The van der Waals surface area contributed by atoms with Crippen LogP contribution in [0.2, 0.25) is 0 Å². The fourth-order valence-electron chi connectivity index (χ4n) is 1.65. The van der Waals surface area contributed by atoms with Crippen molar-refractivity contribution in [2.45, 2.75) is 20.4 Å². The summed E-state index contributed by atoms with van der Waals surface area (Å²) in [4.78, 5) is 4.22. The Morgan fingerprint density at radius 1 is 1.09 bits per heavy atom. The number of hydrogen-bond donors (Lipinski definition) is 3. The predicted molar refractivity (Wildman–Crippen MR) is 102 cm³/mol. The Morgan fingerprint density at radius 3 is 2.23 bits per heavy atom. The van der Waals surface area contributed by atoms with Gasteiger partial charge in [-0.1, -0.05) is 30.3 Å². The molecule has 0 radical (unpaired) electrons. The van der Waals surface area contributed by atoms with Gasteiger partial charge >= 0.3 is 0 Å². The number of halogens is 1. The van der Waals surface area contributed by atoms with Crippen LogP contribution in [-0.4, -0.2) is 39.8 Å². The normalized spacial score (nSPS) is 10.5. The van der Waals surface area contributed by atoms with Crippen LogP contribution in [-0.2, 0) is 16.6 Å². The number of rotatable bonds is 8. The molecule has 0 amide bonds. The first-order valence-corrected chi connectivity index (χ1v) is 8.76. The summed E-state index contributed by atoms with van der Waals surface area (Å²) in [6.45, 7) is 5.94. The van der Waals surface area contributed by atoms with Crippen molar-refractivity contribution in [3.63, 3.8) is 0 Å². The van der Waals surface area contributed by atoms with Crippen molar-refractivity contribution < 1.29 is 8.42 Å². The van der Waals surface area contributed by atoms with Crippen molar-refractivity contribution >= 4 is 40.0 Å². The minimum atomic E-state index is -3.32. The first-order valence-electron chi connectivity index (χ1n) is 7.11. The highest BCUT2D eigenvalue weighted by molar-refractivity contribution is 14.0. The van der Waals surface area contributed by atoms with Crippen LogP contribution in [0.1, 0.15) is 19.4 Å². The molecule has 0 aromatic heterocycles. The standard InChI is InChI=1S/C14H24N4O2S.HI/c1-3-15-14(16-4-2)17-10-11-21(19,20)18-12-13-8-6-5-7-9-13;/h5-9,18H,3-4,10-12H2,1-2H3,(H2,15,16,17);1H. The van der Waals surface area contributed by atoms with E-state index in [1.807, 2.05) is 44.2 Å². The lowest BCUT2D eigenvalue weighted by molar-refractivity contribution is 0.581. The van der Waals surface area contributed by atoms with E-state index in [1.165, 1.54) is 0 Å². The summed E-state index contributed by atoms with van der Waals surface area (Å²) in [5, 5.41) is 6.10. The second-order valence-electron chi connectivity index (χ2n) is 4.42. The first kappa shape index (κ1) is 21.1. The van der Waals surface area contributed by atoms with Crippen molar-refractivity contribution in [1.82, 2.24) is 15.4 Å². The SMILES string of the molecule is CCNC(=NCCS(=O)(=O)NCc1ccccc1)NCC.I. The number of sulfonamides is 1. The van der Waals surface area contributed by atoms with Gasteiger partial charge in [-0.3, -0.25) is 4.99 Å². The molecule has 0 unspecified atom stereocenters. The lowest BCUT2D eigenvalue weighted by atomic mass is 10.2. The van der Waals surface area contributed by atoms with Crippen molar-refractivity contribution in [1.29, 1.82) is 0 Å². The average Bonchev–Trinajstić information content (AvgIpc) is 2.47. The topological polar surface area (TPSA) is 82.6 Å². The van der Waals surface area contributed by atoms with Gasteiger partial charge in [-0.05, 0) is 19.4 Å². The van der Waals surface area contributed by atoms with Gasteiger partial charge in [0.05, 0.1) is 12.3 Å². The summed E-state index contributed by atoms with van der Waals surface area (Å²) in [6, 6.07) is 9.43. The van der Waals surface area contributed by atoms with E-state index in [0.717, 1.165) is 18.7 Å². The third-order valence-corrected chi connectivity index (χ3v) is 3.96. The zero-order valence-corrected chi connectivity index (χ0v) is 16.1. The van der Waals surface area contributed by atoms with Gasteiger partial charge in [0.15, 0.2) is 5.96 Å². The summed E-state index contributed by atoms with van der Waals surface area (Å²) in [5.41, 5.74) is 0.936. The van der Waals surface area contributed by atoms with Crippen LogP contribution in [0.4, 0.5) is 0 Å². The zero-order valence-electron chi connectivity index (χ0n) is 13.0. The van der Waals surface area contributed by atoms with Gasteiger partial charge in [0, 0.05) is 19.6 Å². The number of guanidine groups is 1. The van der Waals surface area contributed by atoms with Crippen molar-refractivity contribution in [2.24, 2.45) is 4.99 Å². The predicted octanol–water partition coefficient (Wildman–Crippen LogP) is 1.30. The zero-order chi connectivity index (χ0) is 15.6. The minimum Gasteiger partial charge on any atom is -0.357 e. The molecule has 0 atom stereocenters. The number of benzene rings is 1. The van der Waals surface area contributed by atoms with Gasteiger partial charge in [0.2, 0.25) is 10.0 Å². The van der Waals surface area contributed by atoms with E-state index in [0.29, 0.717) is 12.5 Å². The molecule has 3 N–H and O–H groups in total. The highest BCUT2D eigenvalue weighted by Crippen LogP contribution is 1.98. The van der Waals surface area contributed by atoms with Gasteiger partial charge < -0.3 is 10.6 Å². The summed E-state index contributed by atoms with van der Waals surface area (Å²) < 4.78 is 26.3. The molecule has 1 aromatic carbocycles. The minimum absolute atomic E-state index is 0. The first-order chi connectivity index (χ1) is 10.1. The average molecular weight is 440 g/mol. The van der Waals surface area contributed by atoms with Gasteiger partial charge in [0.1, 0.15) is 0 Å². The molecule has 1 aromatic rings. The number of nitrogens with zero attached hydrogens (tertiary/aromatic N) is 1. The van der Waals surface area contributed by atoms with E-state index in [2.05, 4.69) is 20.3 Å². The van der Waals surface area contributed by atoms with Gasteiger partial charge in [-0.15, -0.1) is 24.0 Å². The third kappa shape index (κ3) is 9.21. The fraction of sp³-hybridized carbons (Fsp3) is 0.500. The number of hydrogen-bond acceptors (Lipinski definition) is 3. The van der Waals surface area contributed by atoms with Gasteiger partial charge in [-0.2, -0.15) is 0 Å². The molecule has 0 bridgehead atoms. The van der Waals surface area contributed by atoms with E-state index in [1.54, 1.807) is 0 Å². The van der Waals surface area contributed by atoms with E-state index >= 15 is 0 Å². The molecule has 0 aliphatic rings. The van der Waals surface area contributed by atoms with Gasteiger partial charge in [-0.25, -0.2) is 13.1 Å². The van der Waals surface area contributed by atoms with Crippen LogP contribution in [0.25, 0.3) is 0 Å². The molecule has 6 nitrogen and oxygen atoms in total. The lowest BCUT2D eigenvalue weighted by Crippen LogP contribution is -2.37. The van der Waals surface area contributed by atoms with Crippen LogP contribution < -0.4 is 15.4 Å². The summed E-state index contributed by atoms with van der Waals surface area (Å²) in [5.74, 6) is 0.610. The highest BCUT2D eigenvalue weighted by atomic mass is 127. The number of aliphatic imine (C=N–C) groups is 1. The molecule has 0 heterocycles. The Hall–Kier alpha value is -0.870. The van der Waals surface area contributed by atoms with Gasteiger partial charge in [0.25, 0.3) is 0 Å². The quantitative estimate of drug-likeness (QED) is 0.323. The monoisotopic (exact) mass is 440 g/mol. The van der Waals surface area contributed by atoms with Crippen LogP contribution in [0.5, 0.6) is 0 Å². The van der Waals surface area contributed by atoms with Crippen LogP contribution in [0.3, 0.4) is 0 Å². The molecule has 126 valence electrons. The van der Waals surface area contributed by atoms with Crippen LogP contribution >= 0.6 is 24.0 Å². The Morgan fingerprint density at radius 2 is 1.68 bits per heavy atom. The molecular formula is C14H25IN4O2S. The largest absolute Gasteiger partial charge is 0.357 e. The molecule has 0 fully saturated rings. The third-order valence-electron chi connectivity index (χ3n) is 2.66. The van der Waals surface area contributed by atoms with Crippen LogP contribution in [0.15, 0.2) is 35.3 Å². The molecular weight excluding hydrogens is 415 g/mol. The summed E-state index contributed by atoms with van der Waals surface area (Å²) >= 11 is 0. The molecule has 8 heteroatoms. The lowest BCUT2D eigenvalue weighted by Gasteiger charge is -2.09. The van der Waals surface area contributed by atoms with E-state index in [-0.39, 0.29) is 36.3 Å². The highest BCUT2D eigenvalue weighted by Gasteiger charge is 2.09. The number of nitrogens with one attached hydrogen (secondary N) is 3.